The van der Waals surface area contributed by atoms with E-state index >= 15 is 0 Å². The lowest BCUT2D eigenvalue weighted by molar-refractivity contribution is 1.19. The monoisotopic (exact) mass is 377 g/mol. The minimum atomic E-state index is 0.817. The molecule has 0 radical (unpaired) electrons. The van der Waals surface area contributed by atoms with Gasteiger partial charge in [0.05, 0.1) is 0 Å². The van der Waals surface area contributed by atoms with Gasteiger partial charge in [-0.25, -0.2) is 0 Å². The largest absolute Gasteiger partial charge is 0.398 e. The van der Waals surface area contributed by atoms with Crippen molar-refractivity contribution in [3.8, 4) is 22.3 Å². The molecule has 4 rings (SSSR count). The Morgan fingerprint density at radius 3 is 1.48 bits per heavy atom. The Morgan fingerprint density at radius 2 is 0.966 bits per heavy atom. The Labute approximate surface area is 173 Å². The van der Waals surface area contributed by atoms with Crippen LogP contribution in [0, 0.1) is 20.8 Å². The predicted molar refractivity (Wildman–Crippen MR) is 125 cm³/mol. The van der Waals surface area contributed by atoms with E-state index in [2.05, 4.69) is 106 Å². The molecule has 0 fully saturated rings. The molecule has 0 aliphatic carbocycles. The van der Waals surface area contributed by atoms with Crippen LogP contribution in [-0.2, 0) is 6.42 Å². The molecule has 0 atom stereocenters. The summed E-state index contributed by atoms with van der Waals surface area (Å²) in [5.74, 6) is 0. The van der Waals surface area contributed by atoms with Gasteiger partial charge in [0.25, 0.3) is 0 Å². The van der Waals surface area contributed by atoms with Crippen LogP contribution in [0.2, 0.25) is 0 Å². The van der Waals surface area contributed by atoms with Crippen LogP contribution in [0.5, 0.6) is 0 Å². The molecule has 0 spiro atoms. The molecule has 1 heteroatoms. The lowest BCUT2D eigenvalue weighted by Crippen LogP contribution is -2.00. The van der Waals surface area contributed by atoms with Crippen LogP contribution < -0.4 is 5.73 Å². The summed E-state index contributed by atoms with van der Waals surface area (Å²) in [6.45, 7) is 6.36. The number of aryl methyl sites for hydroxylation is 3. The molecule has 4 aromatic rings. The van der Waals surface area contributed by atoms with E-state index in [1.807, 2.05) is 0 Å². The van der Waals surface area contributed by atoms with Crippen LogP contribution in [0.1, 0.15) is 27.8 Å². The van der Waals surface area contributed by atoms with Crippen molar-refractivity contribution in [2.45, 2.75) is 27.2 Å². The molecule has 0 saturated carbocycles. The number of anilines is 1. The molecule has 0 aromatic heterocycles. The highest BCUT2D eigenvalue weighted by molar-refractivity contribution is 5.93. The quantitative estimate of drug-likeness (QED) is 0.376. The van der Waals surface area contributed by atoms with Crippen molar-refractivity contribution in [1.29, 1.82) is 0 Å². The summed E-state index contributed by atoms with van der Waals surface area (Å²) in [5.41, 5.74) is 18.5. The lowest BCUT2D eigenvalue weighted by Gasteiger charge is -2.19. The molecular weight excluding hydrogens is 350 g/mol. The third-order valence-corrected chi connectivity index (χ3v) is 5.52. The summed E-state index contributed by atoms with van der Waals surface area (Å²) in [6.07, 6.45) is 0.878. The van der Waals surface area contributed by atoms with E-state index in [1.54, 1.807) is 0 Å². The zero-order chi connectivity index (χ0) is 20.4. The molecule has 0 aliphatic rings. The first kappa shape index (κ1) is 19.0. The predicted octanol–water partition coefficient (Wildman–Crippen LogP) is 7.12. The number of rotatable bonds is 4. The topological polar surface area (TPSA) is 26.0 Å². The molecule has 0 saturated heterocycles. The minimum absolute atomic E-state index is 0.817. The smallest absolute Gasteiger partial charge is 0.0400 e. The summed E-state index contributed by atoms with van der Waals surface area (Å²) in [6, 6.07) is 30.5. The molecule has 1 nitrogen and oxygen atoms in total. The first-order chi connectivity index (χ1) is 14.0. The Hall–Kier alpha value is -3.32. The van der Waals surface area contributed by atoms with Crippen molar-refractivity contribution in [3.63, 3.8) is 0 Å². The van der Waals surface area contributed by atoms with E-state index in [-0.39, 0.29) is 0 Å². The number of hydrogen-bond donors (Lipinski definition) is 1. The van der Waals surface area contributed by atoms with Gasteiger partial charge in [-0.15, -0.1) is 0 Å². The second-order valence-electron chi connectivity index (χ2n) is 7.96. The van der Waals surface area contributed by atoms with Crippen LogP contribution >= 0.6 is 0 Å². The Bertz CT molecular complexity index is 1120. The van der Waals surface area contributed by atoms with Crippen LogP contribution in [0.4, 0.5) is 5.69 Å². The number of hydrogen-bond acceptors (Lipinski definition) is 1. The first-order valence-electron chi connectivity index (χ1n) is 10.1. The minimum Gasteiger partial charge on any atom is -0.398 e. The highest BCUT2D eigenvalue weighted by atomic mass is 14.6. The van der Waals surface area contributed by atoms with E-state index in [1.165, 1.54) is 38.9 Å². The van der Waals surface area contributed by atoms with Gasteiger partial charge in [0, 0.05) is 11.3 Å². The van der Waals surface area contributed by atoms with Gasteiger partial charge in [-0.3, -0.25) is 0 Å². The molecule has 0 heterocycles. The van der Waals surface area contributed by atoms with Gasteiger partial charge in [0.15, 0.2) is 0 Å². The normalized spacial score (nSPS) is 10.9. The molecule has 29 heavy (non-hydrogen) atoms. The van der Waals surface area contributed by atoms with Crippen LogP contribution in [0.15, 0.2) is 84.9 Å². The van der Waals surface area contributed by atoms with E-state index < -0.39 is 0 Å². The summed E-state index contributed by atoms with van der Waals surface area (Å²) in [7, 11) is 0. The van der Waals surface area contributed by atoms with Crippen molar-refractivity contribution in [2.24, 2.45) is 0 Å². The van der Waals surface area contributed by atoms with Crippen LogP contribution in [0.25, 0.3) is 22.3 Å². The fourth-order valence-corrected chi connectivity index (χ4v) is 3.82. The molecule has 0 aliphatic heterocycles. The average Bonchev–Trinajstić information content (AvgIpc) is 2.72. The van der Waals surface area contributed by atoms with Crippen LogP contribution in [-0.4, -0.2) is 0 Å². The van der Waals surface area contributed by atoms with Crippen molar-refractivity contribution in [2.75, 3.05) is 5.73 Å². The molecule has 4 aromatic carbocycles. The first-order valence-corrected chi connectivity index (χ1v) is 10.1. The SMILES string of the molecule is Cc1ccc(Cc2ccc(N)c(-c3ccc(C)cc3)c2-c2ccc(C)cc2)cc1. The highest BCUT2D eigenvalue weighted by Crippen LogP contribution is 2.40. The van der Waals surface area contributed by atoms with Crippen LogP contribution in [0.3, 0.4) is 0 Å². The Kier molecular flexibility index (Phi) is 5.22. The van der Waals surface area contributed by atoms with Crippen molar-refractivity contribution in [1.82, 2.24) is 0 Å². The summed E-state index contributed by atoms with van der Waals surface area (Å²) in [5, 5.41) is 0. The average molecular weight is 378 g/mol. The highest BCUT2D eigenvalue weighted by Gasteiger charge is 2.16. The molecule has 2 N–H and O–H groups in total. The number of nitrogen functional groups attached to an aromatic ring is 1. The maximum Gasteiger partial charge on any atom is 0.0400 e. The van der Waals surface area contributed by atoms with Crippen molar-refractivity contribution >= 4 is 5.69 Å². The van der Waals surface area contributed by atoms with E-state index in [0.29, 0.717) is 0 Å². The van der Waals surface area contributed by atoms with E-state index in [0.717, 1.165) is 23.2 Å². The lowest BCUT2D eigenvalue weighted by atomic mass is 9.86. The maximum atomic E-state index is 6.54. The second kappa shape index (κ2) is 7.97. The molecule has 0 amide bonds. The van der Waals surface area contributed by atoms with Gasteiger partial charge < -0.3 is 5.73 Å². The van der Waals surface area contributed by atoms with Gasteiger partial charge in [0.2, 0.25) is 0 Å². The summed E-state index contributed by atoms with van der Waals surface area (Å²) in [4.78, 5) is 0. The fourth-order valence-electron chi connectivity index (χ4n) is 3.82. The van der Waals surface area contributed by atoms with Crippen molar-refractivity contribution < 1.29 is 0 Å². The standard InChI is InChI=1S/C28H27N/c1-19-4-10-22(11-5-19)18-25-16-17-26(29)28(24-14-8-21(3)9-15-24)27(25)23-12-6-20(2)7-13-23/h4-17H,18,29H2,1-3H3. The summed E-state index contributed by atoms with van der Waals surface area (Å²) >= 11 is 0. The fraction of sp³-hybridized carbons (Fsp3) is 0.143. The number of benzene rings is 4. The third kappa shape index (κ3) is 4.09. The second-order valence-corrected chi connectivity index (χ2v) is 7.96. The maximum absolute atomic E-state index is 6.54. The zero-order valence-electron chi connectivity index (χ0n) is 17.4. The zero-order valence-corrected chi connectivity index (χ0v) is 17.4. The number of nitrogens with two attached hydrogens (primary N) is 1. The van der Waals surface area contributed by atoms with E-state index in [9.17, 15) is 0 Å². The van der Waals surface area contributed by atoms with Gasteiger partial charge in [-0.05, 0) is 61.1 Å². The molecule has 0 bridgehead atoms. The van der Waals surface area contributed by atoms with E-state index in [4.69, 9.17) is 5.73 Å². The molecular formula is C28H27N. The summed E-state index contributed by atoms with van der Waals surface area (Å²) < 4.78 is 0. The van der Waals surface area contributed by atoms with Crippen molar-refractivity contribution in [3.05, 3.63) is 113 Å². The Morgan fingerprint density at radius 1 is 0.517 bits per heavy atom. The third-order valence-electron chi connectivity index (χ3n) is 5.52. The van der Waals surface area contributed by atoms with Gasteiger partial charge in [-0.1, -0.05) is 95.6 Å². The van der Waals surface area contributed by atoms with Gasteiger partial charge >= 0.3 is 0 Å². The molecule has 0 unspecified atom stereocenters. The molecule has 144 valence electrons. The van der Waals surface area contributed by atoms with Gasteiger partial charge in [-0.2, -0.15) is 0 Å². The Balaban J connectivity index is 1.92. The van der Waals surface area contributed by atoms with Gasteiger partial charge in [0.1, 0.15) is 0 Å².